The third-order valence-corrected chi connectivity index (χ3v) is 6.19. The summed E-state index contributed by atoms with van der Waals surface area (Å²) in [7, 11) is 0. The molecule has 0 radical (unpaired) electrons. The van der Waals surface area contributed by atoms with E-state index in [0.29, 0.717) is 24.7 Å². The second kappa shape index (κ2) is 7.73. The first-order valence-corrected chi connectivity index (χ1v) is 10.9. The van der Waals surface area contributed by atoms with Gasteiger partial charge in [0.1, 0.15) is 11.4 Å². The predicted octanol–water partition coefficient (Wildman–Crippen LogP) is 3.44. The molecule has 4 aromatic rings. The number of imidazole rings is 1. The number of aromatic nitrogens is 5. The molecular weight excluding hydrogens is 463 g/mol. The Hall–Kier alpha value is -4.06. The lowest BCUT2D eigenvalue weighted by Gasteiger charge is -2.54. The van der Waals surface area contributed by atoms with E-state index in [1.54, 1.807) is 12.3 Å². The molecule has 1 aromatic carbocycles. The van der Waals surface area contributed by atoms with Gasteiger partial charge in [-0.2, -0.15) is 23.3 Å². The smallest absolute Gasteiger partial charge is 0.371 e. The summed E-state index contributed by atoms with van der Waals surface area (Å²) in [5.41, 5.74) is -0.563. The summed E-state index contributed by atoms with van der Waals surface area (Å²) in [6, 6.07) is 9.65. The fourth-order valence-electron chi connectivity index (χ4n) is 4.31. The lowest BCUT2D eigenvalue weighted by atomic mass is 9.87. The third-order valence-electron chi connectivity index (χ3n) is 6.19. The number of hydrogen-bond donors (Lipinski definition) is 1. The van der Waals surface area contributed by atoms with E-state index in [1.165, 1.54) is 41.0 Å². The molecule has 178 valence electrons. The molecule has 1 amide bonds. The second-order valence-electron chi connectivity index (χ2n) is 8.51. The number of nitrogens with one attached hydrogen (secondary N) is 1. The lowest BCUT2D eigenvalue weighted by molar-refractivity contribution is -0.161. The molecule has 6 rings (SSSR count). The molecule has 2 fully saturated rings. The van der Waals surface area contributed by atoms with Crippen LogP contribution in [0.5, 0.6) is 0 Å². The second-order valence-corrected chi connectivity index (χ2v) is 8.51. The van der Waals surface area contributed by atoms with Crippen molar-refractivity contribution in [1.82, 2.24) is 24.6 Å². The maximum Gasteiger partial charge on any atom is 0.417 e. The highest BCUT2D eigenvalue weighted by Crippen LogP contribution is 2.38. The van der Waals surface area contributed by atoms with E-state index in [1.807, 2.05) is 4.90 Å². The van der Waals surface area contributed by atoms with Crippen LogP contribution in [-0.4, -0.2) is 55.8 Å². The Bertz CT molecular complexity index is 1440. The number of alkyl halides is 3. The topological polar surface area (TPSA) is 97.5 Å². The summed E-state index contributed by atoms with van der Waals surface area (Å²) in [6.45, 7) is 2.16. The molecule has 5 heterocycles. The SMILES string of the molecule is O=C(Nc1ccnc(N2CC3(CCO3)C2)n1)c1cnc2ccc(-c3ccccc3C(F)(F)F)nn12. The monoisotopic (exact) mass is 481 g/mol. The Morgan fingerprint density at radius 3 is 2.63 bits per heavy atom. The first-order valence-electron chi connectivity index (χ1n) is 10.9. The number of hydrogen-bond acceptors (Lipinski definition) is 7. The van der Waals surface area contributed by atoms with E-state index >= 15 is 0 Å². The third kappa shape index (κ3) is 3.75. The Kier molecular flexibility index (Phi) is 4.74. The van der Waals surface area contributed by atoms with Gasteiger partial charge in [0.25, 0.3) is 5.91 Å². The number of anilines is 2. The molecule has 2 aliphatic heterocycles. The van der Waals surface area contributed by atoms with Crippen molar-refractivity contribution in [2.75, 3.05) is 29.9 Å². The number of halogens is 3. The van der Waals surface area contributed by atoms with Crippen molar-refractivity contribution in [3.05, 3.63) is 66.1 Å². The summed E-state index contributed by atoms with van der Waals surface area (Å²) in [5, 5.41) is 6.98. The van der Waals surface area contributed by atoms with Crippen LogP contribution in [0.25, 0.3) is 16.9 Å². The standard InChI is InChI=1S/C23H18F3N7O2/c24-23(25,26)15-4-2-1-3-14(15)16-5-6-19-28-11-17(33(19)31-16)20(34)29-18-7-9-27-21(30-18)32-12-22(13-32)8-10-35-22/h1-7,9,11H,8,10,12-13H2,(H,27,29,30,34). The van der Waals surface area contributed by atoms with Gasteiger partial charge in [0.05, 0.1) is 37.2 Å². The Morgan fingerprint density at radius 1 is 1.09 bits per heavy atom. The summed E-state index contributed by atoms with van der Waals surface area (Å²) in [5.74, 6) is 0.202. The first kappa shape index (κ1) is 21.5. The Labute approximate surface area is 196 Å². The van der Waals surface area contributed by atoms with E-state index in [9.17, 15) is 18.0 Å². The van der Waals surface area contributed by atoms with Gasteiger partial charge in [-0.15, -0.1) is 0 Å². The summed E-state index contributed by atoms with van der Waals surface area (Å²) >= 11 is 0. The largest absolute Gasteiger partial charge is 0.417 e. The molecule has 0 saturated carbocycles. The normalized spacial score (nSPS) is 16.7. The molecule has 0 atom stereocenters. The van der Waals surface area contributed by atoms with Gasteiger partial charge in [-0.05, 0) is 24.3 Å². The van der Waals surface area contributed by atoms with Crippen LogP contribution >= 0.6 is 0 Å². The predicted molar refractivity (Wildman–Crippen MR) is 119 cm³/mol. The first-order chi connectivity index (χ1) is 16.8. The molecule has 3 aromatic heterocycles. The molecule has 1 spiro atoms. The number of rotatable bonds is 4. The minimum absolute atomic E-state index is 0.0530. The van der Waals surface area contributed by atoms with Crippen LogP contribution in [0.15, 0.2) is 54.9 Å². The zero-order valence-electron chi connectivity index (χ0n) is 18.2. The summed E-state index contributed by atoms with van der Waals surface area (Å²) < 4.78 is 47.3. The zero-order valence-corrected chi connectivity index (χ0v) is 18.2. The van der Waals surface area contributed by atoms with Crippen LogP contribution in [0.1, 0.15) is 22.5 Å². The minimum atomic E-state index is -4.55. The van der Waals surface area contributed by atoms with Crippen molar-refractivity contribution in [1.29, 1.82) is 0 Å². The van der Waals surface area contributed by atoms with E-state index in [4.69, 9.17) is 4.74 Å². The Balaban J connectivity index is 1.27. The highest BCUT2D eigenvalue weighted by Gasteiger charge is 2.50. The molecule has 2 aliphatic rings. The van der Waals surface area contributed by atoms with Gasteiger partial charge in [-0.3, -0.25) is 4.79 Å². The maximum absolute atomic E-state index is 13.5. The highest BCUT2D eigenvalue weighted by atomic mass is 19.4. The molecule has 35 heavy (non-hydrogen) atoms. The van der Waals surface area contributed by atoms with Gasteiger partial charge in [0.2, 0.25) is 5.95 Å². The molecule has 2 saturated heterocycles. The maximum atomic E-state index is 13.5. The summed E-state index contributed by atoms with van der Waals surface area (Å²) in [4.78, 5) is 27.8. The van der Waals surface area contributed by atoms with Crippen LogP contribution < -0.4 is 10.2 Å². The average molecular weight is 481 g/mol. The van der Waals surface area contributed by atoms with E-state index in [2.05, 4.69) is 25.4 Å². The molecule has 0 aliphatic carbocycles. The van der Waals surface area contributed by atoms with Crippen molar-refractivity contribution < 1.29 is 22.7 Å². The van der Waals surface area contributed by atoms with Gasteiger partial charge in [0.15, 0.2) is 11.3 Å². The lowest BCUT2D eigenvalue weighted by Crippen LogP contribution is -2.68. The fourth-order valence-corrected chi connectivity index (χ4v) is 4.31. The van der Waals surface area contributed by atoms with Crippen molar-refractivity contribution >= 4 is 23.3 Å². The van der Waals surface area contributed by atoms with Crippen LogP contribution in [-0.2, 0) is 10.9 Å². The average Bonchev–Trinajstić information content (AvgIpc) is 3.20. The highest BCUT2D eigenvalue weighted by molar-refractivity contribution is 6.02. The minimum Gasteiger partial charge on any atom is -0.371 e. The van der Waals surface area contributed by atoms with Gasteiger partial charge in [-0.1, -0.05) is 18.2 Å². The number of nitrogens with zero attached hydrogens (tertiary/aromatic N) is 6. The summed E-state index contributed by atoms with van der Waals surface area (Å²) in [6.07, 6.45) is -0.680. The molecule has 12 heteroatoms. The van der Waals surface area contributed by atoms with E-state index < -0.39 is 17.6 Å². The van der Waals surface area contributed by atoms with Crippen LogP contribution in [0.3, 0.4) is 0 Å². The molecule has 1 N–H and O–H groups in total. The zero-order chi connectivity index (χ0) is 24.2. The van der Waals surface area contributed by atoms with Crippen LogP contribution in [0.4, 0.5) is 24.9 Å². The van der Waals surface area contributed by atoms with Crippen molar-refractivity contribution in [3.63, 3.8) is 0 Å². The molecule has 0 bridgehead atoms. The van der Waals surface area contributed by atoms with Crippen molar-refractivity contribution in [2.24, 2.45) is 0 Å². The molecule has 9 nitrogen and oxygen atoms in total. The fraction of sp³-hybridized carbons (Fsp3) is 0.261. The number of carbonyl (C=O) groups excluding carboxylic acids is 1. The number of benzene rings is 1. The van der Waals surface area contributed by atoms with Gasteiger partial charge in [0, 0.05) is 18.2 Å². The number of fused-ring (bicyclic) bond motifs is 1. The number of amides is 1. The van der Waals surface area contributed by atoms with Crippen molar-refractivity contribution in [3.8, 4) is 11.3 Å². The van der Waals surface area contributed by atoms with Crippen LogP contribution in [0, 0.1) is 0 Å². The Morgan fingerprint density at radius 2 is 1.89 bits per heavy atom. The molecule has 0 unspecified atom stereocenters. The quantitative estimate of drug-likeness (QED) is 0.477. The van der Waals surface area contributed by atoms with Gasteiger partial charge in [-0.25, -0.2) is 14.5 Å². The number of carbonyl (C=O) groups is 1. The van der Waals surface area contributed by atoms with Crippen LogP contribution in [0.2, 0.25) is 0 Å². The molecular formula is C23H18F3N7O2. The van der Waals surface area contributed by atoms with Gasteiger partial charge >= 0.3 is 6.18 Å². The van der Waals surface area contributed by atoms with Gasteiger partial charge < -0.3 is 15.0 Å². The van der Waals surface area contributed by atoms with Crippen molar-refractivity contribution in [2.45, 2.75) is 18.2 Å². The van der Waals surface area contributed by atoms with E-state index in [-0.39, 0.29) is 28.4 Å². The number of ether oxygens (including phenoxy) is 1. The van der Waals surface area contributed by atoms with E-state index in [0.717, 1.165) is 19.1 Å².